The Kier molecular flexibility index (Phi) is 4.78. The van der Waals surface area contributed by atoms with Gasteiger partial charge < -0.3 is 5.11 Å². The fourth-order valence-electron chi connectivity index (χ4n) is 2.79. The Morgan fingerprint density at radius 1 is 1.11 bits per heavy atom. The summed E-state index contributed by atoms with van der Waals surface area (Å²) in [7, 11) is 0. The van der Waals surface area contributed by atoms with Gasteiger partial charge in [0.2, 0.25) is 0 Å². The van der Waals surface area contributed by atoms with Gasteiger partial charge in [0, 0.05) is 5.57 Å². The number of carboxylic acid groups (broad SMARTS) is 1. The van der Waals surface area contributed by atoms with Gasteiger partial charge in [0.1, 0.15) is 0 Å². The van der Waals surface area contributed by atoms with E-state index in [0.717, 1.165) is 5.56 Å². The van der Waals surface area contributed by atoms with E-state index in [-0.39, 0.29) is 0 Å². The van der Waals surface area contributed by atoms with E-state index in [9.17, 15) is 4.79 Å². The monoisotopic (exact) mass is 258 g/mol. The van der Waals surface area contributed by atoms with E-state index >= 15 is 0 Å². The van der Waals surface area contributed by atoms with Gasteiger partial charge in [0.05, 0.1) is 0 Å². The van der Waals surface area contributed by atoms with Crippen molar-refractivity contribution in [2.75, 3.05) is 0 Å². The Bertz CT molecular complexity index is 449. The SMILES string of the molecule is CC(=Cc1ccc(C2CCCCCC2)cc1)C(=O)O. The van der Waals surface area contributed by atoms with Crippen LogP contribution in [0.4, 0.5) is 0 Å². The summed E-state index contributed by atoms with van der Waals surface area (Å²) in [6.07, 6.45) is 9.73. The first kappa shape index (κ1) is 13.9. The maximum atomic E-state index is 10.8. The van der Waals surface area contributed by atoms with Gasteiger partial charge in [-0.2, -0.15) is 0 Å². The van der Waals surface area contributed by atoms with Gasteiger partial charge in [0.25, 0.3) is 0 Å². The highest BCUT2D eigenvalue weighted by atomic mass is 16.4. The lowest BCUT2D eigenvalue weighted by atomic mass is 9.91. The molecule has 0 saturated heterocycles. The lowest BCUT2D eigenvalue weighted by molar-refractivity contribution is -0.132. The Labute approximate surface area is 115 Å². The molecule has 102 valence electrons. The fraction of sp³-hybridized carbons (Fsp3) is 0.471. The summed E-state index contributed by atoms with van der Waals surface area (Å²) in [5.41, 5.74) is 2.76. The molecule has 0 aromatic heterocycles. The predicted molar refractivity (Wildman–Crippen MR) is 78.2 cm³/mol. The summed E-state index contributed by atoms with van der Waals surface area (Å²) in [5.74, 6) is -0.158. The minimum atomic E-state index is -0.854. The van der Waals surface area contributed by atoms with Crippen molar-refractivity contribution in [3.8, 4) is 0 Å². The van der Waals surface area contributed by atoms with Crippen molar-refractivity contribution in [1.29, 1.82) is 0 Å². The first-order chi connectivity index (χ1) is 9.16. The highest BCUT2D eigenvalue weighted by Gasteiger charge is 2.13. The molecule has 1 aromatic rings. The van der Waals surface area contributed by atoms with Gasteiger partial charge in [-0.15, -0.1) is 0 Å². The van der Waals surface area contributed by atoms with E-state index in [0.29, 0.717) is 11.5 Å². The van der Waals surface area contributed by atoms with Gasteiger partial charge in [-0.1, -0.05) is 49.9 Å². The molecule has 1 N–H and O–H groups in total. The average molecular weight is 258 g/mol. The van der Waals surface area contributed by atoms with Crippen LogP contribution in [-0.2, 0) is 4.79 Å². The number of carbonyl (C=O) groups is 1. The third-order valence-corrected chi connectivity index (χ3v) is 3.98. The molecule has 19 heavy (non-hydrogen) atoms. The first-order valence-corrected chi connectivity index (χ1v) is 7.18. The van der Waals surface area contributed by atoms with Crippen molar-refractivity contribution in [1.82, 2.24) is 0 Å². The van der Waals surface area contributed by atoms with Gasteiger partial charge in [-0.25, -0.2) is 4.79 Å². The molecule has 0 unspecified atom stereocenters. The van der Waals surface area contributed by atoms with Crippen LogP contribution >= 0.6 is 0 Å². The van der Waals surface area contributed by atoms with Gasteiger partial charge >= 0.3 is 5.97 Å². The highest BCUT2D eigenvalue weighted by molar-refractivity contribution is 5.91. The van der Waals surface area contributed by atoms with Crippen LogP contribution in [-0.4, -0.2) is 11.1 Å². The molecule has 0 heterocycles. The number of hydrogen-bond acceptors (Lipinski definition) is 1. The van der Waals surface area contributed by atoms with E-state index in [2.05, 4.69) is 12.1 Å². The standard InChI is InChI=1S/C17H22O2/c1-13(17(18)19)12-14-8-10-16(11-9-14)15-6-4-2-3-5-7-15/h8-12,15H,2-7H2,1H3,(H,18,19). The molecule has 2 rings (SSSR count). The molecule has 0 aliphatic heterocycles. The molecule has 1 saturated carbocycles. The van der Waals surface area contributed by atoms with Crippen molar-refractivity contribution in [3.05, 3.63) is 41.0 Å². The zero-order chi connectivity index (χ0) is 13.7. The van der Waals surface area contributed by atoms with Crippen LogP contribution in [0.15, 0.2) is 29.8 Å². The van der Waals surface area contributed by atoms with E-state index in [1.165, 1.54) is 44.1 Å². The number of aliphatic carboxylic acids is 1. The second-order valence-electron chi connectivity index (χ2n) is 5.49. The summed E-state index contributed by atoms with van der Waals surface area (Å²) in [6.45, 7) is 1.63. The van der Waals surface area contributed by atoms with E-state index in [1.54, 1.807) is 13.0 Å². The molecule has 1 aliphatic carbocycles. The smallest absolute Gasteiger partial charge is 0.331 e. The first-order valence-electron chi connectivity index (χ1n) is 7.18. The maximum absolute atomic E-state index is 10.8. The maximum Gasteiger partial charge on any atom is 0.331 e. The lowest BCUT2D eigenvalue weighted by Crippen LogP contribution is -1.97. The van der Waals surface area contributed by atoms with Crippen LogP contribution in [0.2, 0.25) is 0 Å². The Balaban J connectivity index is 2.09. The van der Waals surface area contributed by atoms with Crippen molar-refractivity contribution >= 4 is 12.0 Å². The Morgan fingerprint density at radius 3 is 2.21 bits per heavy atom. The number of carboxylic acids is 1. The predicted octanol–water partition coefficient (Wildman–Crippen LogP) is 4.61. The van der Waals surface area contributed by atoms with Crippen molar-refractivity contribution in [3.63, 3.8) is 0 Å². The highest BCUT2D eigenvalue weighted by Crippen LogP contribution is 2.31. The Hall–Kier alpha value is -1.57. The van der Waals surface area contributed by atoms with Crippen LogP contribution in [0, 0.1) is 0 Å². The average Bonchev–Trinajstić information content (AvgIpc) is 2.68. The number of rotatable bonds is 3. The molecule has 0 atom stereocenters. The normalized spacial score (nSPS) is 18.1. The molecule has 1 aliphatic rings. The largest absolute Gasteiger partial charge is 0.478 e. The lowest BCUT2D eigenvalue weighted by Gasteiger charge is -2.14. The minimum absolute atomic E-state index is 0.377. The van der Waals surface area contributed by atoms with Crippen LogP contribution in [0.5, 0.6) is 0 Å². The third-order valence-electron chi connectivity index (χ3n) is 3.98. The number of benzene rings is 1. The molecule has 0 amide bonds. The van der Waals surface area contributed by atoms with E-state index in [4.69, 9.17) is 5.11 Å². The van der Waals surface area contributed by atoms with Gasteiger partial charge in [-0.05, 0) is 42.9 Å². The molecule has 0 radical (unpaired) electrons. The quantitative estimate of drug-likeness (QED) is 0.635. The van der Waals surface area contributed by atoms with Crippen LogP contribution < -0.4 is 0 Å². The topological polar surface area (TPSA) is 37.3 Å². The molecule has 0 bridgehead atoms. The number of hydrogen-bond donors (Lipinski definition) is 1. The van der Waals surface area contributed by atoms with Crippen LogP contribution in [0.3, 0.4) is 0 Å². The minimum Gasteiger partial charge on any atom is -0.478 e. The molecular weight excluding hydrogens is 236 g/mol. The fourth-order valence-corrected chi connectivity index (χ4v) is 2.79. The molecule has 1 fully saturated rings. The van der Waals surface area contributed by atoms with E-state index in [1.807, 2.05) is 12.1 Å². The molecular formula is C17H22O2. The summed E-state index contributed by atoms with van der Waals surface area (Å²) in [5, 5.41) is 8.86. The van der Waals surface area contributed by atoms with Gasteiger partial charge in [0.15, 0.2) is 0 Å². The third kappa shape index (κ3) is 3.95. The van der Waals surface area contributed by atoms with Crippen molar-refractivity contribution < 1.29 is 9.90 Å². The molecule has 2 nitrogen and oxygen atoms in total. The molecule has 1 aromatic carbocycles. The zero-order valence-corrected chi connectivity index (χ0v) is 11.6. The van der Waals surface area contributed by atoms with Crippen molar-refractivity contribution in [2.24, 2.45) is 0 Å². The summed E-state index contributed by atoms with van der Waals surface area (Å²) in [6, 6.07) is 8.40. The van der Waals surface area contributed by atoms with Gasteiger partial charge in [-0.3, -0.25) is 0 Å². The summed E-state index contributed by atoms with van der Waals surface area (Å²) < 4.78 is 0. The zero-order valence-electron chi connectivity index (χ0n) is 11.6. The van der Waals surface area contributed by atoms with Crippen LogP contribution in [0.25, 0.3) is 6.08 Å². The second kappa shape index (κ2) is 6.55. The summed E-state index contributed by atoms with van der Waals surface area (Å²) in [4.78, 5) is 10.8. The second-order valence-corrected chi connectivity index (χ2v) is 5.49. The molecule has 0 spiro atoms. The van der Waals surface area contributed by atoms with E-state index < -0.39 is 5.97 Å². The Morgan fingerprint density at radius 2 is 1.68 bits per heavy atom. The summed E-state index contributed by atoms with van der Waals surface area (Å²) >= 11 is 0. The van der Waals surface area contributed by atoms with Crippen molar-refractivity contribution in [2.45, 2.75) is 51.4 Å². The molecule has 2 heteroatoms. The van der Waals surface area contributed by atoms with Crippen LogP contribution in [0.1, 0.15) is 62.5 Å².